The van der Waals surface area contributed by atoms with Crippen molar-refractivity contribution in [1.29, 1.82) is 0 Å². The van der Waals surface area contributed by atoms with E-state index < -0.39 is 5.92 Å². The maximum absolute atomic E-state index is 13.3. The number of alkyl halides is 2. The first kappa shape index (κ1) is 16.2. The lowest BCUT2D eigenvalue weighted by molar-refractivity contribution is -0.140. The highest BCUT2D eigenvalue weighted by Gasteiger charge is 2.39. The number of nitrogens with zero attached hydrogens (tertiary/aromatic N) is 5. The Hall–Kier alpha value is -2.25. The van der Waals surface area contributed by atoms with E-state index in [2.05, 4.69) is 15.0 Å². The highest BCUT2D eigenvalue weighted by molar-refractivity contribution is 5.81. The van der Waals surface area contributed by atoms with Crippen LogP contribution in [0.15, 0.2) is 18.5 Å². The van der Waals surface area contributed by atoms with E-state index in [0.717, 1.165) is 30.0 Å². The number of hydrogen-bond acceptors (Lipinski definition) is 4. The zero-order valence-corrected chi connectivity index (χ0v) is 14.2. The second kappa shape index (κ2) is 5.93. The fourth-order valence-electron chi connectivity index (χ4n) is 3.74. The summed E-state index contributed by atoms with van der Waals surface area (Å²) >= 11 is 0. The zero-order valence-electron chi connectivity index (χ0n) is 14.2. The first-order valence-corrected chi connectivity index (χ1v) is 8.65. The molecule has 1 unspecified atom stereocenters. The standard InChI is InChI=1S/C17H21F2N5O/c1-12-10-14-15(20-5-9-24(14)21-12)23-6-2-13(11-23)16(25)22-7-3-17(18,19)4-8-22/h5,9-10,13H,2-4,6-8,11H2,1H3. The van der Waals surface area contributed by atoms with Crippen LogP contribution in [0.3, 0.4) is 0 Å². The molecule has 0 radical (unpaired) electrons. The fraction of sp³-hybridized carbons (Fsp3) is 0.588. The number of likely N-dealkylation sites (tertiary alicyclic amines) is 1. The van der Waals surface area contributed by atoms with Crippen LogP contribution in [0.5, 0.6) is 0 Å². The van der Waals surface area contributed by atoms with Crippen LogP contribution >= 0.6 is 0 Å². The summed E-state index contributed by atoms with van der Waals surface area (Å²) in [5.41, 5.74) is 1.83. The third-order valence-corrected chi connectivity index (χ3v) is 5.14. The van der Waals surface area contributed by atoms with Crippen LogP contribution in [0.25, 0.3) is 5.52 Å². The lowest BCUT2D eigenvalue weighted by Gasteiger charge is -2.33. The molecular weight excluding hydrogens is 328 g/mol. The van der Waals surface area contributed by atoms with Gasteiger partial charge in [-0.05, 0) is 19.4 Å². The Balaban J connectivity index is 1.47. The van der Waals surface area contributed by atoms with Gasteiger partial charge < -0.3 is 9.80 Å². The van der Waals surface area contributed by atoms with Gasteiger partial charge in [0.2, 0.25) is 5.91 Å². The minimum Gasteiger partial charge on any atom is -0.354 e. The van der Waals surface area contributed by atoms with E-state index in [1.54, 1.807) is 21.8 Å². The van der Waals surface area contributed by atoms with Gasteiger partial charge >= 0.3 is 0 Å². The molecule has 1 atom stereocenters. The van der Waals surface area contributed by atoms with Gasteiger partial charge in [-0.2, -0.15) is 5.10 Å². The highest BCUT2D eigenvalue weighted by Crippen LogP contribution is 2.31. The van der Waals surface area contributed by atoms with Crippen LogP contribution in [0, 0.1) is 12.8 Å². The fourth-order valence-corrected chi connectivity index (χ4v) is 3.74. The number of fused-ring (bicyclic) bond motifs is 1. The highest BCUT2D eigenvalue weighted by atomic mass is 19.3. The third-order valence-electron chi connectivity index (χ3n) is 5.14. The van der Waals surface area contributed by atoms with E-state index in [-0.39, 0.29) is 37.8 Å². The van der Waals surface area contributed by atoms with Gasteiger partial charge in [-0.3, -0.25) is 4.79 Å². The van der Waals surface area contributed by atoms with Crippen molar-refractivity contribution in [3.63, 3.8) is 0 Å². The molecule has 0 aliphatic carbocycles. The summed E-state index contributed by atoms with van der Waals surface area (Å²) in [4.78, 5) is 20.8. The van der Waals surface area contributed by atoms with Crippen molar-refractivity contribution in [1.82, 2.24) is 19.5 Å². The molecule has 134 valence electrons. The number of piperidine rings is 1. The van der Waals surface area contributed by atoms with Crippen LogP contribution in [-0.4, -0.2) is 57.5 Å². The molecule has 0 aromatic carbocycles. The van der Waals surface area contributed by atoms with Crippen molar-refractivity contribution in [2.24, 2.45) is 5.92 Å². The molecule has 6 nitrogen and oxygen atoms in total. The summed E-state index contributed by atoms with van der Waals surface area (Å²) in [5, 5.41) is 4.39. The summed E-state index contributed by atoms with van der Waals surface area (Å²) in [6, 6.07) is 1.98. The van der Waals surface area contributed by atoms with Crippen LogP contribution in [0.1, 0.15) is 25.0 Å². The molecule has 0 bridgehead atoms. The Morgan fingerprint density at radius 2 is 2.04 bits per heavy atom. The number of halogens is 2. The Kier molecular flexibility index (Phi) is 3.85. The average Bonchev–Trinajstić information content (AvgIpc) is 3.19. The molecule has 2 aliphatic heterocycles. The zero-order chi connectivity index (χ0) is 17.6. The largest absolute Gasteiger partial charge is 0.354 e. The molecule has 0 saturated carbocycles. The number of carbonyl (C=O) groups is 1. The Morgan fingerprint density at radius 3 is 2.80 bits per heavy atom. The second-order valence-electron chi connectivity index (χ2n) is 6.98. The number of amides is 1. The van der Waals surface area contributed by atoms with Crippen molar-refractivity contribution < 1.29 is 13.6 Å². The maximum atomic E-state index is 13.3. The average molecular weight is 349 g/mol. The molecule has 2 aliphatic rings. The minimum atomic E-state index is -2.63. The van der Waals surface area contributed by atoms with Crippen molar-refractivity contribution in [2.45, 2.75) is 32.1 Å². The number of aromatic nitrogens is 3. The molecule has 4 heterocycles. The lowest BCUT2D eigenvalue weighted by Crippen LogP contribution is -2.45. The predicted octanol–water partition coefficient (Wildman–Crippen LogP) is 2.12. The predicted molar refractivity (Wildman–Crippen MR) is 88.8 cm³/mol. The van der Waals surface area contributed by atoms with Gasteiger partial charge in [-0.25, -0.2) is 18.3 Å². The summed E-state index contributed by atoms with van der Waals surface area (Å²) in [5.74, 6) is -1.96. The third kappa shape index (κ3) is 3.05. The van der Waals surface area contributed by atoms with E-state index in [0.29, 0.717) is 6.54 Å². The van der Waals surface area contributed by atoms with Gasteiger partial charge in [-0.1, -0.05) is 0 Å². The topological polar surface area (TPSA) is 53.7 Å². The molecular formula is C17H21F2N5O. The van der Waals surface area contributed by atoms with Crippen molar-refractivity contribution in [3.05, 3.63) is 24.2 Å². The van der Waals surface area contributed by atoms with Gasteiger partial charge in [0, 0.05) is 51.4 Å². The first-order chi connectivity index (χ1) is 11.9. The van der Waals surface area contributed by atoms with E-state index in [1.165, 1.54) is 0 Å². The molecule has 4 rings (SSSR count). The lowest BCUT2D eigenvalue weighted by atomic mass is 10.0. The SMILES string of the molecule is Cc1cc2c(N3CCC(C(=O)N4CCC(F)(F)CC4)C3)nccn2n1. The summed E-state index contributed by atoms with van der Waals surface area (Å²) in [7, 11) is 0. The maximum Gasteiger partial charge on any atom is 0.251 e. The normalized spacial score (nSPS) is 23.4. The van der Waals surface area contributed by atoms with E-state index >= 15 is 0 Å². The number of aryl methyl sites for hydroxylation is 1. The number of carbonyl (C=O) groups excluding carboxylic acids is 1. The molecule has 8 heteroatoms. The van der Waals surface area contributed by atoms with Crippen LogP contribution in [0.4, 0.5) is 14.6 Å². The summed E-state index contributed by atoms with van der Waals surface area (Å²) in [6.07, 6.45) is 3.77. The molecule has 0 spiro atoms. The number of rotatable bonds is 2. The van der Waals surface area contributed by atoms with Crippen LogP contribution < -0.4 is 4.90 Å². The first-order valence-electron chi connectivity index (χ1n) is 8.65. The molecule has 2 aromatic rings. The number of hydrogen-bond donors (Lipinski definition) is 0. The minimum absolute atomic E-state index is 0.00496. The van der Waals surface area contributed by atoms with Crippen molar-refractivity contribution in [3.8, 4) is 0 Å². The molecule has 0 N–H and O–H groups in total. The molecule has 25 heavy (non-hydrogen) atoms. The van der Waals surface area contributed by atoms with Crippen molar-refractivity contribution in [2.75, 3.05) is 31.1 Å². The molecule has 2 aromatic heterocycles. The molecule has 1 amide bonds. The molecule has 2 fully saturated rings. The van der Waals surface area contributed by atoms with Crippen molar-refractivity contribution >= 4 is 17.2 Å². The van der Waals surface area contributed by atoms with E-state index in [1.807, 2.05) is 13.0 Å². The van der Waals surface area contributed by atoms with Gasteiger partial charge in [0.05, 0.1) is 11.6 Å². The Morgan fingerprint density at radius 1 is 1.28 bits per heavy atom. The van der Waals surface area contributed by atoms with Gasteiger partial charge in [0.25, 0.3) is 5.92 Å². The quantitative estimate of drug-likeness (QED) is 0.833. The molecule has 2 saturated heterocycles. The van der Waals surface area contributed by atoms with E-state index in [9.17, 15) is 13.6 Å². The van der Waals surface area contributed by atoms with Gasteiger partial charge in [0.15, 0.2) is 5.82 Å². The second-order valence-corrected chi connectivity index (χ2v) is 6.98. The smallest absolute Gasteiger partial charge is 0.251 e. The Labute approximate surface area is 144 Å². The van der Waals surface area contributed by atoms with Crippen LogP contribution in [-0.2, 0) is 4.79 Å². The summed E-state index contributed by atoms with van der Waals surface area (Å²) < 4.78 is 28.4. The van der Waals surface area contributed by atoms with Gasteiger partial charge in [0.1, 0.15) is 5.52 Å². The number of anilines is 1. The Bertz CT molecular complexity index is 795. The monoisotopic (exact) mass is 349 g/mol. The van der Waals surface area contributed by atoms with Gasteiger partial charge in [-0.15, -0.1) is 0 Å². The van der Waals surface area contributed by atoms with Crippen LogP contribution in [0.2, 0.25) is 0 Å². The van der Waals surface area contributed by atoms with E-state index in [4.69, 9.17) is 0 Å². The summed E-state index contributed by atoms with van der Waals surface area (Å²) in [6.45, 7) is 3.54.